The summed E-state index contributed by atoms with van der Waals surface area (Å²) in [6, 6.07) is 11.5. The fourth-order valence-electron chi connectivity index (χ4n) is 3.79. The maximum Gasteiger partial charge on any atom is 0.282 e. The Kier molecular flexibility index (Phi) is 5.38. The minimum absolute atomic E-state index is 0.106. The number of carbonyl (C=O) groups excluding carboxylic acids is 2. The van der Waals surface area contributed by atoms with Gasteiger partial charge in [-0.1, -0.05) is 29.8 Å². The summed E-state index contributed by atoms with van der Waals surface area (Å²) in [6.45, 7) is 7.98. The molecule has 1 aliphatic rings. The number of benzene rings is 2. The predicted octanol–water partition coefficient (Wildman–Crippen LogP) is 3.13. The van der Waals surface area contributed by atoms with E-state index in [1.807, 2.05) is 64.1 Å². The van der Waals surface area contributed by atoms with E-state index in [1.165, 1.54) is 4.90 Å². The second-order valence-electron chi connectivity index (χ2n) is 7.48. The first kappa shape index (κ1) is 19.8. The largest absolute Gasteiger partial charge is 0.395 e. The van der Waals surface area contributed by atoms with Gasteiger partial charge in [0.25, 0.3) is 11.8 Å². The van der Waals surface area contributed by atoms with Crippen LogP contribution in [0.4, 0.5) is 5.69 Å². The van der Waals surface area contributed by atoms with Crippen LogP contribution in [0.25, 0.3) is 5.57 Å². The molecule has 0 aliphatic carbocycles. The molecule has 146 valence electrons. The van der Waals surface area contributed by atoms with Crippen LogP contribution in [0, 0.1) is 27.7 Å². The number of aliphatic hydroxyl groups is 1. The van der Waals surface area contributed by atoms with Gasteiger partial charge in [0, 0.05) is 13.6 Å². The van der Waals surface area contributed by atoms with Crippen LogP contribution in [0.3, 0.4) is 0 Å². The molecule has 0 saturated carbocycles. The lowest BCUT2D eigenvalue weighted by molar-refractivity contribution is -0.120. The van der Waals surface area contributed by atoms with E-state index >= 15 is 0 Å². The molecule has 2 aromatic carbocycles. The van der Waals surface area contributed by atoms with Crippen molar-refractivity contribution in [3.8, 4) is 0 Å². The highest BCUT2D eigenvalue weighted by molar-refractivity contribution is 6.45. The standard InChI is InChI=1S/C23H26N2O3/c1-14-6-7-19(17(4)11-14)20-21(24(5)8-9-26)23(28)25(22(20)27)18-12-15(2)10-16(3)13-18/h6-7,10-13,26H,8-9H2,1-5H3. The Labute approximate surface area is 165 Å². The van der Waals surface area contributed by atoms with Crippen molar-refractivity contribution in [3.63, 3.8) is 0 Å². The average Bonchev–Trinajstić information content (AvgIpc) is 2.85. The van der Waals surface area contributed by atoms with Gasteiger partial charge in [0.1, 0.15) is 5.70 Å². The Bertz CT molecular complexity index is 971. The van der Waals surface area contributed by atoms with Crippen molar-refractivity contribution >= 4 is 23.1 Å². The second-order valence-corrected chi connectivity index (χ2v) is 7.48. The molecule has 0 spiro atoms. The molecule has 1 aliphatic heterocycles. The van der Waals surface area contributed by atoms with E-state index in [2.05, 4.69) is 0 Å². The number of likely N-dealkylation sites (N-methyl/N-ethyl adjacent to an activating group) is 1. The van der Waals surface area contributed by atoms with Crippen LogP contribution in [0.15, 0.2) is 42.1 Å². The molecule has 1 heterocycles. The highest BCUT2D eigenvalue weighted by Crippen LogP contribution is 2.36. The molecule has 5 heteroatoms. The van der Waals surface area contributed by atoms with Gasteiger partial charge in [0.15, 0.2) is 0 Å². The maximum absolute atomic E-state index is 13.5. The summed E-state index contributed by atoms with van der Waals surface area (Å²) in [4.78, 5) is 29.7. The van der Waals surface area contributed by atoms with E-state index in [0.29, 0.717) is 17.0 Å². The maximum atomic E-state index is 13.5. The second kappa shape index (κ2) is 7.60. The van der Waals surface area contributed by atoms with Gasteiger partial charge in [-0.3, -0.25) is 9.59 Å². The van der Waals surface area contributed by atoms with Gasteiger partial charge in [-0.2, -0.15) is 0 Å². The number of carbonyl (C=O) groups is 2. The average molecular weight is 378 g/mol. The lowest BCUT2D eigenvalue weighted by atomic mass is 9.97. The summed E-state index contributed by atoms with van der Waals surface area (Å²) < 4.78 is 0. The van der Waals surface area contributed by atoms with Crippen molar-refractivity contribution in [2.24, 2.45) is 0 Å². The summed E-state index contributed by atoms with van der Waals surface area (Å²) >= 11 is 0. The van der Waals surface area contributed by atoms with E-state index in [9.17, 15) is 14.7 Å². The van der Waals surface area contributed by atoms with Gasteiger partial charge >= 0.3 is 0 Å². The van der Waals surface area contributed by atoms with Gasteiger partial charge in [-0.25, -0.2) is 4.90 Å². The Hall–Kier alpha value is -2.92. The van der Waals surface area contributed by atoms with Crippen molar-refractivity contribution < 1.29 is 14.7 Å². The first-order valence-electron chi connectivity index (χ1n) is 9.35. The van der Waals surface area contributed by atoms with Crippen molar-refractivity contribution in [3.05, 3.63) is 69.9 Å². The van der Waals surface area contributed by atoms with Crippen molar-refractivity contribution in [1.82, 2.24) is 4.90 Å². The minimum Gasteiger partial charge on any atom is -0.395 e. The number of amides is 2. The third kappa shape index (κ3) is 3.45. The monoisotopic (exact) mass is 378 g/mol. The van der Waals surface area contributed by atoms with Crippen LogP contribution in [-0.4, -0.2) is 42.0 Å². The first-order chi connectivity index (χ1) is 13.2. The third-order valence-electron chi connectivity index (χ3n) is 4.99. The van der Waals surface area contributed by atoms with Crippen LogP contribution in [-0.2, 0) is 9.59 Å². The molecule has 0 aromatic heterocycles. The fourth-order valence-corrected chi connectivity index (χ4v) is 3.79. The van der Waals surface area contributed by atoms with Gasteiger partial charge < -0.3 is 10.0 Å². The lowest BCUT2D eigenvalue weighted by Gasteiger charge is -2.21. The van der Waals surface area contributed by atoms with E-state index in [0.717, 1.165) is 27.8 Å². The van der Waals surface area contributed by atoms with Crippen LogP contribution >= 0.6 is 0 Å². The molecule has 0 saturated heterocycles. The molecule has 1 N–H and O–H groups in total. The number of aryl methyl sites for hydroxylation is 4. The van der Waals surface area contributed by atoms with Gasteiger partial charge in [0.05, 0.1) is 17.9 Å². The Balaban J connectivity index is 2.19. The number of hydrogen-bond donors (Lipinski definition) is 1. The fraction of sp³-hybridized carbons (Fsp3) is 0.304. The Morgan fingerprint density at radius 2 is 1.54 bits per heavy atom. The molecule has 0 atom stereocenters. The molecule has 2 amide bonds. The molecule has 0 fully saturated rings. The molecule has 28 heavy (non-hydrogen) atoms. The Morgan fingerprint density at radius 1 is 0.893 bits per heavy atom. The van der Waals surface area contributed by atoms with E-state index in [-0.39, 0.29) is 25.0 Å². The Morgan fingerprint density at radius 3 is 2.11 bits per heavy atom. The number of nitrogens with zero attached hydrogens (tertiary/aromatic N) is 2. The molecule has 5 nitrogen and oxygen atoms in total. The quantitative estimate of drug-likeness (QED) is 0.812. The zero-order chi connectivity index (χ0) is 20.6. The summed E-state index contributed by atoms with van der Waals surface area (Å²) in [5.74, 6) is -0.692. The molecule has 0 bridgehead atoms. The zero-order valence-corrected chi connectivity index (χ0v) is 17.0. The normalized spacial score (nSPS) is 14.3. The summed E-state index contributed by atoms with van der Waals surface area (Å²) in [7, 11) is 1.73. The highest BCUT2D eigenvalue weighted by atomic mass is 16.3. The SMILES string of the molecule is Cc1cc(C)cc(N2C(=O)C(c3ccc(C)cc3C)=C(N(C)CCO)C2=O)c1. The van der Waals surface area contributed by atoms with Crippen LogP contribution < -0.4 is 4.90 Å². The molecular weight excluding hydrogens is 352 g/mol. The third-order valence-corrected chi connectivity index (χ3v) is 4.99. The summed E-state index contributed by atoms with van der Waals surface area (Å²) in [6.07, 6.45) is 0. The highest BCUT2D eigenvalue weighted by Gasteiger charge is 2.42. The van der Waals surface area contributed by atoms with E-state index in [1.54, 1.807) is 11.9 Å². The van der Waals surface area contributed by atoms with E-state index < -0.39 is 0 Å². The van der Waals surface area contributed by atoms with Crippen LogP contribution in [0.5, 0.6) is 0 Å². The van der Waals surface area contributed by atoms with Crippen molar-refractivity contribution in [2.75, 3.05) is 25.1 Å². The number of anilines is 1. The molecule has 0 radical (unpaired) electrons. The topological polar surface area (TPSA) is 60.9 Å². The molecular formula is C23H26N2O3. The van der Waals surface area contributed by atoms with Crippen LogP contribution in [0.1, 0.15) is 27.8 Å². The minimum atomic E-state index is -0.360. The van der Waals surface area contributed by atoms with Crippen LogP contribution in [0.2, 0.25) is 0 Å². The smallest absolute Gasteiger partial charge is 0.282 e. The van der Waals surface area contributed by atoms with Crippen molar-refractivity contribution in [1.29, 1.82) is 0 Å². The molecule has 0 unspecified atom stereocenters. The number of hydrogen-bond acceptors (Lipinski definition) is 4. The number of aliphatic hydroxyl groups excluding tert-OH is 1. The first-order valence-corrected chi connectivity index (χ1v) is 9.35. The van der Waals surface area contributed by atoms with E-state index in [4.69, 9.17) is 0 Å². The zero-order valence-electron chi connectivity index (χ0n) is 17.0. The predicted molar refractivity (Wildman–Crippen MR) is 111 cm³/mol. The van der Waals surface area contributed by atoms with Crippen molar-refractivity contribution in [2.45, 2.75) is 27.7 Å². The van der Waals surface area contributed by atoms with Gasteiger partial charge in [0.2, 0.25) is 0 Å². The summed E-state index contributed by atoms with van der Waals surface area (Å²) in [5.41, 5.74) is 6.03. The molecule has 3 rings (SSSR count). The molecule has 2 aromatic rings. The number of imide groups is 1. The lowest BCUT2D eigenvalue weighted by Crippen LogP contribution is -2.35. The number of rotatable bonds is 5. The van der Waals surface area contributed by atoms with Gasteiger partial charge in [-0.05, 0) is 62.1 Å². The summed E-state index contributed by atoms with van der Waals surface area (Å²) in [5, 5.41) is 9.38. The van der Waals surface area contributed by atoms with Gasteiger partial charge in [-0.15, -0.1) is 0 Å².